The lowest BCUT2D eigenvalue weighted by atomic mass is 10.2. The molecule has 1 aliphatic rings. The van der Waals surface area contributed by atoms with Gasteiger partial charge in [-0.15, -0.1) is 24.0 Å². The van der Waals surface area contributed by atoms with Gasteiger partial charge in [0.05, 0.1) is 13.2 Å². The first-order chi connectivity index (χ1) is 8.80. The van der Waals surface area contributed by atoms with Crippen molar-refractivity contribution in [3.8, 4) is 0 Å². The van der Waals surface area contributed by atoms with Gasteiger partial charge in [-0.3, -0.25) is 4.99 Å². The van der Waals surface area contributed by atoms with E-state index in [0.29, 0.717) is 12.6 Å². The molecule has 6 heteroatoms. The van der Waals surface area contributed by atoms with Gasteiger partial charge >= 0.3 is 0 Å². The summed E-state index contributed by atoms with van der Waals surface area (Å²) in [7, 11) is 0. The van der Waals surface area contributed by atoms with Gasteiger partial charge in [0.25, 0.3) is 0 Å². The fourth-order valence-electron chi connectivity index (χ4n) is 2.16. The Morgan fingerprint density at radius 3 is 2.74 bits per heavy atom. The van der Waals surface area contributed by atoms with E-state index >= 15 is 0 Å². The second kappa shape index (κ2) is 12.1. The summed E-state index contributed by atoms with van der Waals surface area (Å²) in [4.78, 5) is 4.53. The summed E-state index contributed by atoms with van der Waals surface area (Å²) in [6, 6.07) is 0.576. The van der Waals surface area contributed by atoms with Gasteiger partial charge in [-0.2, -0.15) is 11.8 Å². The van der Waals surface area contributed by atoms with Crippen LogP contribution in [0.2, 0.25) is 0 Å². The molecule has 0 saturated heterocycles. The van der Waals surface area contributed by atoms with Crippen LogP contribution in [0.15, 0.2) is 4.99 Å². The molecule has 0 heterocycles. The molecule has 2 N–H and O–H groups in total. The van der Waals surface area contributed by atoms with Crippen LogP contribution >= 0.6 is 35.7 Å². The summed E-state index contributed by atoms with van der Waals surface area (Å²) >= 11 is 1.98. The Morgan fingerprint density at radius 2 is 2.16 bits per heavy atom. The van der Waals surface area contributed by atoms with E-state index in [-0.39, 0.29) is 24.0 Å². The van der Waals surface area contributed by atoms with E-state index in [0.717, 1.165) is 30.9 Å². The Kier molecular flexibility index (Phi) is 12.3. The van der Waals surface area contributed by atoms with Gasteiger partial charge in [-0.05, 0) is 39.4 Å². The molecule has 4 nitrogen and oxygen atoms in total. The number of aliphatic imine (C=N–C) groups is 1. The summed E-state index contributed by atoms with van der Waals surface area (Å²) in [5.74, 6) is 0.934. The molecule has 1 saturated carbocycles. The molecule has 0 aromatic heterocycles. The van der Waals surface area contributed by atoms with Gasteiger partial charge in [-0.25, -0.2) is 0 Å². The van der Waals surface area contributed by atoms with Crippen molar-refractivity contribution >= 4 is 41.7 Å². The fourth-order valence-corrected chi connectivity index (χ4v) is 2.96. The molecular weight excluding hydrogens is 373 g/mol. The summed E-state index contributed by atoms with van der Waals surface area (Å²) in [5, 5.41) is 7.64. The third-order valence-corrected chi connectivity index (χ3v) is 4.21. The summed E-state index contributed by atoms with van der Waals surface area (Å²) in [5.41, 5.74) is 0. The summed E-state index contributed by atoms with van der Waals surface area (Å²) < 4.78 is 5.30. The molecule has 0 aromatic carbocycles. The lowest BCUT2D eigenvalue weighted by Crippen LogP contribution is -2.42. The van der Waals surface area contributed by atoms with Crippen molar-refractivity contribution in [3.63, 3.8) is 0 Å². The molecule has 0 amide bonds. The van der Waals surface area contributed by atoms with Crippen LogP contribution in [-0.4, -0.2) is 49.8 Å². The van der Waals surface area contributed by atoms with E-state index in [9.17, 15) is 0 Å². The topological polar surface area (TPSA) is 45.7 Å². The van der Waals surface area contributed by atoms with E-state index in [4.69, 9.17) is 4.74 Å². The average Bonchev–Trinajstić information content (AvgIpc) is 2.82. The first kappa shape index (κ1) is 19.3. The lowest BCUT2D eigenvalue weighted by molar-refractivity contribution is 0.155. The number of hydrogen-bond donors (Lipinski definition) is 2. The van der Waals surface area contributed by atoms with Crippen molar-refractivity contribution in [1.82, 2.24) is 10.6 Å². The predicted octanol–water partition coefficient (Wildman–Crippen LogP) is 2.48. The van der Waals surface area contributed by atoms with Gasteiger partial charge in [0.1, 0.15) is 0 Å². The molecular formula is C13H28IN3OS. The van der Waals surface area contributed by atoms with Crippen LogP contribution in [-0.2, 0) is 4.74 Å². The highest BCUT2D eigenvalue weighted by Crippen LogP contribution is 2.27. The van der Waals surface area contributed by atoms with Crippen molar-refractivity contribution in [2.45, 2.75) is 44.4 Å². The van der Waals surface area contributed by atoms with Crippen LogP contribution in [0.3, 0.4) is 0 Å². The third kappa shape index (κ3) is 8.24. The van der Waals surface area contributed by atoms with Crippen molar-refractivity contribution in [1.29, 1.82) is 0 Å². The number of halogens is 1. The van der Waals surface area contributed by atoms with Gasteiger partial charge in [0.2, 0.25) is 0 Å². The first-order valence-corrected chi connectivity index (χ1v) is 8.24. The van der Waals surface area contributed by atoms with E-state index in [1.54, 1.807) is 0 Å². The molecule has 1 fully saturated rings. The molecule has 19 heavy (non-hydrogen) atoms. The number of guanidine groups is 1. The zero-order valence-electron chi connectivity index (χ0n) is 12.3. The monoisotopic (exact) mass is 401 g/mol. The second-order valence-corrected chi connectivity index (χ2v) is 5.61. The highest BCUT2D eigenvalue weighted by Gasteiger charge is 2.24. The standard InChI is InChI=1S/C13H27N3OS.HI/c1-4-14-13(15-8-9-17-5-2)16-11-6-7-12(10-11)18-3;/h11-12H,4-10H2,1-3H3,(H2,14,15,16);1H. The van der Waals surface area contributed by atoms with E-state index < -0.39 is 0 Å². The van der Waals surface area contributed by atoms with E-state index in [1.165, 1.54) is 19.3 Å². The zero-order chi connectivity index (χ0) is 13.2. The van der Waals surface area contributed by atoms with Crippen LogP contribution in [0.4, 0.5) is 0 Å². The van der Waals surface area contributed by atoms with Crippen molar-refractivity contribution < 1.29 is 4.74 Å². The van der Waals surface area contributed by atoms with Gasteiger partial charge in [0, 0.05) is 24.4 Å². The maximum Gasteiger partial charge on any atom is 0.191 e. The maximum atomic E-state index is 5.30. The molecule has 114 valence electrons. The molecule has 0 bridgehead atoms. The minimum absolute atomic E-state index is 0. The number of nitrogens with one attached hydrogen (secondary N) is 2. The van der Waals surface area contributed by atoms with Crippen LogP contribution in [0.25, 0.3) is 0 Å². The van der Waals surface area contributed by atoms with E-state index in [1.807, 2.05) is 18.7 Å². The zero-order valence-corrected chi connectivity index (χ0v) is 15.4. The van der Waals surface area contributed by atoms with Gasteiger partial charge < -0.3 is 15.4 Å². The fraction of sp³-hybridized carbons (Fsp3) is 0.923. The average molecular weight is 401 g/mol. The van der Waals surface area contributed by atoms with Crippen molar-refractivity contribution in [2.24, 2.45) is 4.99 Å². The largest absolute Gasteiger partial charge is 0.380 e. The Hall–Kier alpha value is 0.310. The third-order valence-electron chi connectivity index (χ3n) is 3.11. The molecule has 1 rings (SSSR count). The maximum absolute atomic E-state index is 5.30. The molecule has 0 spiro atoms. The van der Waals surface area contributed by atoms with Crippen molar-refractivity contribution in [3.05, 3.63) is 0 Å². The number of hydrogen-bond acceptors (Lipinski definition) is 3. The number of rotatable bonds is 7. The molecule has 0 radical (unpaired) electrons. The minimum atomic E-state index is 0. The van der Waals surface area contributed by atoms with Crippen LogP contribution in [0.5, 0.6) is 0 Å². The molecule has 2 atom stereocenters. The lowest BCUT2D eigenvalue weighted by Gasteiger charge is -2.17. The molecule has 0 aliphatic heterocycles. The van der Waals surface area contributed by atoms with Crippen LogP contribution < -0.4 is 10.6 Å². The highest BCUT2D eigenvalue weighted by atomic mass is 127. The highest BCUT2D eigenvalue weighted by molar-refractivity contribution is 14.0. The second-order valence-electron chi connectivity index (χ2n) is 4.47. The Morgan fingerprint density at radius 1 is 1.37 bits per heavy atom. The Bertz CT molecular complexity index is 254. The summed E-state index contributed by atoms with van der Waals surface area (Å²) in [6.45, 7) is 7.19. The molecule has 2 unspecified atom stereocenters. The molecule has 1 aliphatic carbocycles. The van der Waals surface area contributed by atoms with E-state index in [2.05, 4.69) is 28.8 Å². The first-order valence-electron chi connectivity index (χ1n) is 6.95. The molecule has 0 aromatic rings. The number of nitrogens with zero attached hydrogens (tertiary/aromatic N) is 1. The van der Waals surface area contributed by atoms with Crippen molar-refractivity contribution in [2.75, 3.05) is 32.6 Å². The van der Waals surface area contributed by atoms with Gasteiger partial charge in [0.15, 0.2) is 5.96 Å². The van der Waals surface area contributed by atoms with Crippen LogP contribution in [0, 0.1) is 0 Å². The SMILES string of the molecule is CCNC(=NCCOCC)NC1CCC(SC)C1.I. The number of ether oxygens (including phenoxy) is 1. The minimum Gasteiger partial charge on any atom is -0.380 e. The Balaban J connectivity index is 0.00000324. The smallest absolute Gasteiger partial charge is 0.191 e. The van der Waals surface area contributed by atoms with Gasteiger partial charge in [-0.1, -0.05) is 0 Å². The predicted molar refractivity (Wildman–Crippen MR) is 96.0 cm³/mol. The quantitative estimate of drug-likeness (QED) is 0.298. The normalized spacial score (nSPS) is 23.0. The van der Waals surface area contributed by atoms with Crippen LogP contribution in [0.1, 0.15) is 33.1 Å². The number of thioether (sulfide) groups is 1. The summed E-state index contributed by atoms with van der Waals surface area (Å²) in [6.07, 6.45) is 6.02. The Labute approximate surface area is 138 Å².